The van der Waals surface area contributed by atoms with E-state index in [1.54, 1.807) is 25.7 Å². The molecule has 0 atom stereocenters. The van der Waals surface area contributed by atoms with Crippen LogP contribution in [0.25, 0.3) is 0 Å². The van der Waals surface area contributed by atoms with Crippen molar-refractivity contribution in [2.75, 3.05) is 13.1 Å². The highest BCUT2D eigenvalue weighted by atomic mass is 15.2. The maximum Gasteiger partial charge on any atom is 0.00385 e. The Bertz CT molecular complexity index is 294. The molecule has 3 fully saturated rings. The van der Waals surface area contributed by atoms with E-state index in [1.807, 2.05) is 0 Å². The topological polar surface area (TPSA) is 3.24 Å². The van der Waals surface area contributed by atoms with Gasteiger partial charge in [0.05, 0.1) is 0 Å². The number of rotatable bonds is 2. The largest absolute Gasteiger partial charge is 0.301 e. The van der Waals surface area contributed by atoms with Crippen molar-refractivity contribution in [3.05, 3.63) is 0 Å². The molecule has 3 rings (SSSR count). The Morgan fingerprint density at radius 1 is 0.889 bits per heavy atom. The highest BCUT2D eigenvalue weighted by Gasteiger charge is 2.60. The molecule has 0 aromatic rings. The van der Waals surface area contributed by atoms with Crippen molar-refractivity contribution in [3.63, 3.8) is 0 Å². The zero-order valence-electron chi connectivity index (χ0n) is 12.8. The fourth-order valence-electron chi connectivity index (χ4n) is 5.22. The summed E-state index contributed by atoms with van der Waals surface area (Å²) in [6.07, 6.45) is 9.24. The number of likely N-dealkylation sites (tertiary alicyclic amines) is 1. The first-order chi connectivity index (χ1) is 8.44. The molecule has 3 aliphatic rings. The Morgan fingerprint density at radius 3 is 1.89 bits per heavy atom. The molecule has 2 aliphatic carbocycles. The van der Waals surface area contributed by atoms with Gasteiger partial charge in [0, 0.05) is 6.04 Å². The van der Waals surface area contributed by atoms with E-state index in [2.05, 4.69) is 32.6 Å². The minimum Gasteiger partial charge on any atom is -0.301 e. The molecule has 0 unspecified atom stereocenters. The summed E-state index contributed by atoms with van der Waals surface area (Å²) in [4.78, 5) is 2.67. The van der Waals surface area contributed by atoms with E-state index in [-0.39, 0.29) is 0 Å². The van der Waals surface area contributed by atoms with Gasteiger partial charge in [0.2, 0.25) is 0 Å². The maximum absolute atomic E-state index is 2.67. The number of hydrogen-bond donors (Lipinski definition) is 0. The Hall–Kier alpha value is -0.0400. The van der Waals surface area contributed by atoms with Crippen molar-refractivity contribution >= 4 is 0 Å². The van der Waals surface area contributed by atoms with Crippen LogP contribution < -0.4 is 0 Å². The third-order valence-electron chi connectivity index (χ3n) is 6.42. The van der Waals surface area contributed by atoms with Gasteiger partial charge in [-0.15, -0.1) is 0 Å². The van der Waals surface area contributed by atoms with Gasteiger partial charge in [-0.2, -0.15) is 0 Å². The van der Waals surface area contributed by atoms with E-state index in [0.717, 1.165) is 28.7 Å². The fraction of sp³-hybridized carbons (Fsp3) is 1.00. The monoisotopic (exact) mass is 249 g/mol. The van der Waals surface area contributed by atoms with E-state index >= 15 is 0 Å². The molecule has 104 valence electrons. The molecule has 1 heteroatoms. The van der Waals surface area contributed by atoms with Gasteiger partial charge < -0.3 is 4.90 Å². The molecule has 2 saturated carbocycles. The molecule has 1 nitrogen and oxygen atoms in total. The average Bonchev–Trinajstić information content (AvgIpc) is 2.22. The van der Waals surface area contributed by atoms with E-state index in [4.69, 9.17) is 0 Å². The highest BCUT2D eigenvalue weighted by molar-refractivity contribution is 5.10. The molecule has 0 bridgehead atoms. The van der Waals surface area contributed by atoms with Crippen LogP contribution >= 0.6 is 0 Å². The molecule has 1 aliphatic heterocycles. The second-order valence-electron chi connectivity index (χ2n) is 8.40. The highest BCUT2D eigenvalue weighted by Crippen LogP contribution is 2.69. The lowest BCUT2D eigenvalue weighted by Crippen LogP contribution is -2.58. The average molecular weight is 249 g/mol. The van der Waals surface area contributed by atoms with Crippen molar-refractivity contribution < 1.29 is 0 Å². The summed E-state index contributed by atoms with van der Waals surface area (Å²) in [5.74, 6) is 1.98. The lowest BCUT2D eigenvalue weighted by Gasteiger charge is -2.66. The summed E-state index contributed by atoms with van der Waals surface area (Å²) in [5.41, 5.74) is 1.61. The van der Waals surface area contributed by atoms with E-state index in [9.17, 15) is 0 Å². The van der Waals surface area contributed by atoms with E-state index in [0.29, 0.717) is 0 Å². The third kappa shape index (κ3) is 2.03. The minimum absolute atomic E-state index is 0.755. The Balaban J connectivity index is 1.48. The SMILES string of the molecule is CC(C)C1CC2(C1)CC1(CCN(C(C)C)CC1)C2. The van der Waals surface area contributed by atoms with Crippen LogP contribution in [0.2, 0.25) is 0 Å². The van der Waals surface area contributed by atoms with Crippen molar-refractivity contribution in [2.45, 2.75) is 72.3 Å². The summed E-state index contributed by atoms with van der Waals surface area (Å²) in [6, 6.07) is 0.755. The van der Waals surface area contributed by atoms with Crippen LogP contribution in [0.5, 0.6) is 0 Å². The first-order valence-electron chi connectivity index (χ1n) is 8.18. The van der Waals surface area contributed by atoms with E-state index in [1.165, 1.54) is 25.9 Å². The van der Waals surface area contributed by atoms with Crippen LogP contribution in [0.15, 0.2) is 0 Å². The molecule has 0 N–H and O–H groups in total. The molecule has 1 saturated heterocycles. The van der Waals surface area contributed by atoms with Crippen LogP contribution in [0.3, 0.4) is 0 Å². The lowest BCUT2D eigenvalue weighted by atomic mass is 9.40. The van der Waals surface area contributed by atoms with Crippen LogP contribution in [-0.4, -0.2) is 24.0 Å². The fourth-order valence-corrected chi connectivity index (χ4v) is 5.22. The zero-order valence-corrected chi connectivity index (χ0v) is 12.8. The molecule has 2 spiro atoms. The smallest absolute Gasteiger partial charge is 0.00385 e. The van der Waals surface area contributed by atoms with Gasteiger partial charge in [-0.3, -0.25) is 0 Å². The lowest BCUT2D eigenvalue weighted by molar-refractivity contribution is -0.158. The summed E-state index contributed by atoms with van der Waals surface area (Å²) in [7, 11) is 0. The Morgan fingerprint density at radius 2 is 1.44 bits per heavy atom. The summed E-state index contributed by atoms with van der Waals surface area (Å²) >= 11 is 0. The van der Waals surface area contributed by atoms with Gasteiger partial charge in [-0.25, -0.2) is 0 Å². The van der Waals surface area contributed by atoms with Crippen molar-refractivity contribution in [2.24, 2.45) is 22.7 Å². The van der Waals surface area contributed by atoms with Crippen molar-refractivity contribution in [1.29, 1.82) is 0 Å². The number of nitrogens with zero attached hydrogens (tertiary/aromatic N) is 1. The van der Waals surface area contributed by atoms with Gasteiger partial charge >= 0.3 is 0 Å². The van der Waals surface area contributed by atoms with Gasteiger partial charge in [-0.05, 0) is 88.1 Å². The molecule has 0 amide bonds. The van der Waals surface area contributed by atoms with E-state index < -0.39 is 0 Å². The van der Waals surface area contributed by atoms with Gasteiger partial charge in [0.1, 0.15) is 0 Å². The molecule has 18 heavy (non-hydrogen) atoms. The maximum atomic E-state index is 2.67. The first kappa shape index (κ1) is 13.0. The predicted octanol–water partition coefficient (Wildman–Crippen LogP) is 4.32. The van der Waals surface area contributed by atoms with Gasteiger partial charge in [-0.1, -0.05) is 13.8 Å². The molecular weight excluding hydrogens is 218 g/mol. The standard InChI is InChI=1S/C17H31N/c1-13(2)15-9-17(10-15)11-16(12-17)5-7-18(8-6-16)14(3)4/h13-15H,5-12H2,1-4H3. The molecule has 0 aromatic heterocycles. The van der Waals surface area contributed by atoms with Gasteiger partial charge in [0.15, 0.2) is 0 Å². The first-order valence-corrected chi connectivity index (χ1v) is 8.18. The van der Waals surface area contributed by atoms with Crippen LogP contribution in [-0.2, 0) is 0 Å². The zero-order chi connectivity index (χ0) is 13.0. The molecule has 0 aromatic carbocycles. The predicted molar refractivity (Wildman–Crippen MR) is 77.6 cm³/mol. The Kier molecular flexibility index (Phi) is 3.05. The van der Waals surface area contributed by atoms with Crippen molar-refractivity contribution in [3.8, 4) is 0 Å². The molecular formula is C17H31N. The quantitative estimate of drug-likeness (QED) is 0.704. The molecule has 0 radical (unpaired) electrons. The molecule has 1 heterocycles. The summed E-state index contributed by atoms with van der Waals surface area (Å²) in [5, 5.41) is 0. The van der Waals surface area contributed by atoms with Crippen LogP contribution in [0.1, 0.15) is 66.2 Å². The third-order valence-corrected chi connectivity index (χ3v) is 6.42. The van der Waals surface area contributed by atoms with Crippen molar-refractivity contribution in [1.82, 2.24) is 4.90 Å². The normalized spacial score (nSPS) is 31.0. The second kappa shape index (κ2) is 4.23. The number of piperidine rings is 1. The Labute approximate surface area is 113 Å². The van der Waals surface area contributed by atoms with Gasteiger partial charge in [0.25, 0.3) is 0 Å². The summed E-state index contributed by atoms with van der Waals surface area (Å²) in [6.45, 7) is 12.2. The van der Waals surface area contributed by atoms with Crippen LogP contribution in [0.4, 0.5) is 0 Å². The minimum atomic E-state index is 0.755. The summed E-state index contributed by atoms with van der Waals surface area (Å²) < 4.78 is 0. The second-order valence-corrected chi connectivity index (χ2v) is 8.40. The van der Waals surface area contributed by atoms with Crippen LogP contribution in [0, 0.1) is 22.7 Å². The number of hydrogen-bond acceptors (Lipinski definition) is 1.